The van der Waals surface area contributed by atoms with E-state index in [2.05, 4.69) is 42.3 Å². The Morgan fingerprint density at radius 3 is 2.79 bits per heavy atom. The highest BCUT2D eigenvalue weighted by Gasteiger charge is 2.41. The van der Waals surface area contributed by atoms with Crippen molar-refractivity contribution in [3.05, 3.63) is 41.5 Å². The SMILES string of the molecule is Cc1ccc(C2=CC=NC3CC23)cc1. The normalized spacial score (nSPS) is 28.2. The summed E-state index contributed by atoms with van der Waals surface area (Å²) in [6, 6.07) is 9.39. The lowest BCUT2D eigenvalue weighted by Crippen LogP contribution is -1.96. The summed E-state index contributed by atoms with van der Waals surface area (Å²) in [5.41, 5.74) is 4.17. The van der Waals surface area contributed by atoms with Crippen molar-refractivity contribution in [2.45, 2.75) is 19.4 Å². The van der Waals surface area contributed by atoms with Crippen LogP contribution in [0.4, 0.5) is 0 Å². The molecule has 1 aromatic carbocycles. The van der Waals surface area contributed by atoms with E-state index < -0.39 is 0 Å². The van der Waals surface area contributed by atoms with E-state index in [1.54, 1.807) is 0 Å². The second kappa shape index (κ2) is 2.81. The van der Waals surface area contributed by atoms with E-state index >= 15 is 0 Å². The number of allylic oxidation sites excluding steroid dienone is 1. The fourth-order valence-corrected chi connectivity index (χ4v) is 2.09. The predicted octanol–water partition coefficient (Wildman–Crippen LogP) is 2.85. The first-order valence-corrected chi connectivity index (χ1v) is 5.15. The van der Waals surface area contributed by atoms with E-state index in [0.717, 1.165) is 0 Å². The quantitative estimate of drug-likeness (QED) is 0.635. The lowest BCUT2D eigenvalue weighted by molar-refractivity contribution is 0.986. The Bertz CT molecular complexity index is 411. The zero-order chi connectivity index (χ0) is 9.54. The van der Waals surface area contributed by atoms with Crippen molar-refractivity contribution in [1.29, 1.82) is 0 Å². The Morgan fingerprint density at radius 1 is 1.21 bits per heavy atom. The largest absolute Gasteiger partial charge is 0.289 e. The molecule has 1 aliphatic heterocycles. The second-order valence-corrected chi connectivity index (χ2v) is 4.20. The molecule has 1 heterocycles. The summed E-state index contributed by atoms with van der Waals surface area (Å²) < 4.78 is 0. The summed E-state index contributed by atoms with van der Waals surface area (Å²) in [7, 11) is 0. The Kier molecular flexibility index (Phi) is 1.60. The Hall–Kier alpha value is -1.37. The maximum Gasteiger partial charge on any atom is 0.0575 e. The molecule has 2 aliphatic rings. The van der Waals surface area contributed by atoms with Gasteiger partial charge in [0.2, 0.25) is 0 Å². The topological polar surface area (TPSA) is 12.4 Å². The number of benzene rings is 1. The molecule has 2 atom stereocenters. The number of dihydropyridines is 1. The molecular weight excluding hydrogens is 170 g/mol. The minimum atomic E-state index is 0.594. The number of aryl methyl sites for hydroxylation is 1. The zero-order valence-electron chi connectivity index (χ0n) is 8.27. The van der Waals surface area contributed by atoms with Gasteiger partial charge < -0.3 is 0 Å². The molecule has 0 N–H and O–H groups in total. The van der Waals surface area contributed by atoms with Crippen LogP contribution in [0.2, 0.25) is 0 Å². The van der Waals surface area contributed by atoms with E-state index in [1.807, 2.05) is 6.21 Å². The van der Waals surface area contributed by atoms with Crippen molar-refractivity contribution < 1.29 is 0 Å². The van der Waals surface area contributed by atoms with E-state index in [-0.39, 0.29) is 0 Å². The highest BCUT2D eigenvalue weighted by molar-refractivity contribution is 5.89. The first-order valence-electron chi connectivity index (χ1n) is 5.15. The molecule has 0 spiro atoms. The molecule has 14 heavy (non-hydrogen) atoms. The molecule has 1 saturated carbocycles. The molecule has 1 fully saturated rings. The van der Waals surface area contributed by atoms with Gasteiger partial charge in [0, 0.05) is 12.1 Å². The van der Waals surface area contributed by atoms with Gasteiger partial charge in [-0.15, -0.1) is 0 Å². The van der Waals surface area contributed by atoms with Crippen LogP contribution in [0.1, 0.15) is 17.5 Å². The Morgan fingerprint density at radius 2 is 2.00 bits per heavy atom. The van der Waals surface area contributed by atoms with Gasteiger partial charge in [-0.05, 0) is 30.6 Å². The summed E-state index contributed by atoms with van der Waals surface area (Å²) in [4.78, 5) is 4.40. The van der Waals surface area contributed by atoms with Crippen molar-refractivity contribution in [2.75, 3.05) is 0 Å². The summed E-state index contributed by atoms with van der Waals surface area (Å²) in [5.74, 6) is 0.711. The van der Waals surface area contributed by atoms with E-state index in [4.69, 9.17) is 0 Å². The summed E-state index contributed by atoms with van der Waals surface area (Å²) >= 11 is 0. The Balaban J connectivity index is 1.99. The number of fused-ring (bicyclic) bond motifs is 1. The molecule has 1 aliphatic carbocycles. The van der Waals surface area contributed by atoms with Crippen molar-refractivity contribution in [1.82, 2.24) is 0 Å². The van der Waals surface area contributed by atoms with Gasteiger partial charge in [0.15, 0.2) is 0 Å². The molecule has 70 valence electrons. The third-order valence-corrected chi connectivity index (χ3v) is 3.07. The standard InChI is InChI=1S/C13H13N/c1-9-2-4-10(5-3-9)11-6-7-14-13-8-12(11)13/h2-7,12-13H,8H2,1H3. The van der Waals surface area contributed by atoms with Gasteiger partial charge in [-0.3, -0.25) is 4.99 Å². The monoisotopic (exact) mass is 183 g/mol. The summed E-state index contributed by atoms with van der Waals surface area (Å²) in [6.45, 7) is 2.13. The van der Waals surface area contributed by atoms with Gasteiger partial charge in [0.1, 0.15) is 0 Å². The molecule has 1 nitrogen and oxygen atoms in total. The van der Waals surface area contributed by atoms with Crippen LogP contribution >= 0.6 is 0 Å². The van der Waals surface area contributed by atoms with Crippen LogP contribution in [-0.2, 0) is 0 Å². The lowest BCUT2D eigenvalue weighted by Gasteiger charge is -2.08. The minimum absolute atomic E-state index is 0.594. The maximum atomic E-state index is 4.40. The van der Waals surface area contributed by atoms with Crippen molar-refractivity contribution in [3.63, 3.8) is 0 Å². The van der Waals surface area contributed by atoms with Crippen LogP contribution in [0.25, 0.3) is 5.57 Å². The molecular formula is C13H13N. The average molecular weight is 183 g/mol. The Labute approximate surface area is 84.2 Å². The lowest BCUT2D eigenvalue weighted by atomic mass is 9.99. The number of aliphatic imine (C=N–C) groups is 1. The summed E-state index contributed by atoms with van der Waals surface area (Å²) in [6.07, 6.45) is 5.37. The van der Waals surface area contributed by atoms with Crippen LogP contribution in [0.15, 0.2) is 35.3 Å². The molecule has 0 bridgehead atoms. The molecule has 0 saturated heterocycles. The van der Waals surface area contributed by atoms with Gasteiger partial charge in [-0.25, -0.2) is 0 Å². The van der Waals surface area contributed by atoms with Crippen molar-refractivity contribution >= 4 is 11.8 Å². The van der Waals surface area contributed by atoms with Crippen LogP contribution < -0.4 is 0 Å². The van der Waals surface area contributed by atoms with E-state index in [0.29, 0.717) is 12.0 Å². The van der Waals surface area contributed by atoms with Crippen LogP contribution in [0, 0.1) is 12.8 Å². The number of nitrogens with zero attached hydrogens (tertiary/aromatic N) is 1. The van der Waals surface area contributed by atoms with Crippen molar-refractivity contribution in [3.8, 4) is 0 Å². The smallest absolute Gasteiger partial charge is 0.0575 e. The fraction of sp³-hybridized carbons (Fsp3) is 0.308. The summed E-state index contributed by atoms with van der Waals surface area (Å²) in [5, 5.41) is 0. The van der Waals surface area contributed by atoms with Gasteiger partial charge in [0.05, 0.1) is 6.04 Å². The first-order chi connectivity index (χ1) is 6.84. The number of hydrogen-bond donors (Lipinski definition) is 0. The fourth-order valence-electron chi connectivity index (χ4n) is 2.09. The molecule has 1 heteroatoms. The molecule has 2 unspecified atom stereocenters. The highest BCUT2D eigenvalue weighted by atomic mass is 14.9. The van der Waals surface area contributed by atoms with Crippen LogP contribution in [-0.4, -0.2) is 12.3 Å². The van der Waals surface area contributed by atoms with E-state index in [9.17, 15) is 0 Å². The van der Waals surface area contributed by atoms with Crippen LogP contribution in [0.5, 0.6) is 0 Å². The third kappa shape index (κ3) is 1.20. The number of rotatable bonds is 1. The van der Waals surface area contributed by atoms with Gasteiger partial charge in [-0.2, -0.15) is 0 Å². The van der Waals surface area contributed by atoms with Crippen LogP contribution in [0.3, 0.4) is 0 Å². The van der Waals surface area contributed by atoms with E-state index in [1.165, 1.54) is 23.1 Å². The highest BCUT2D eigenvalue weighted by Crippen LogP contribution is 2.46. The molecule has 0 radical (unpaired) electrons. The molecule has 1 aromatic rings. The molecule has 0 amide bonds. The van der Waals surface area contributed by atoms with Gasteiger partial charge in [0.25, 0.3) is 0 Å². The van der Waals surface area contributed by atoms with Gasteiger partial charge in [-0.1, -0.05) is 29.8 Å². The zero-order valence-corrected chi connectivity index (χ0v) is 8.27. The third-order valence-electron chi connectivity index (χ3n) is 3.07. The molecule has 3 rings (SSSR count). The first kappa shape index (κ1) is 7.98. The van der Waals surface area contributed by atoms with Crippen molar-refractivity contribution in [2.24, 2.45) is 10.9 Å². The minimum Gasteiger partial charge on any atom is -0.289 e. The number of hydrogen-bond acceptors (Lipinski definition) is 1. The second-order valence-electron chi connectivity index (χ2n) is 4.20. The predicted molar refractivity (Wildman–Crippen MR) is 59.5 cm³/mol. The van der Waals surface area contributed by atoms with Gasteiger partial charge >= 0.3 is 0 Å². The molecule has 0 aromatic heterocycles. The maximum absolute atomic E-state index is 4.40. The average Bonchev–Trinajstić information content (AvgIpc) is 2.97.